The number of carbonyl (C=O) groups is 1. The van der Waals surface area contributed by atoms with Crippen LogP contribution >= 0.6 is 0 Å². The van der Waals surface area contributed by atoms with Crippen molar-refractivity contribution in [2.45, 2.75) is 26.7 Å². The predicted octanol–water partition coefficient (Wildman–Crippen LogP) is 5.11. The maximum Gasteiger partial charge on any atom is 0.286 e. The van der Waals surface area contributed by atoms with E-state index in [1.54, 1.807) is 19.3 Å². The minimum atomic E-state index is -3.13. The highest BCUT2D eigenvalue weighted by molar-refractivity contribution is 6.04. The molecule has 0 atom stereocenters. The van der Waals surface area contributed by atoms with Gasteiger partial charge in [0.05, 0.1) is 0 Å². The molecule has 0 radical (unpaired) electrons. The second-order valence-electron chi connectivity index (χ2n) is 7.78. The van der Waals surface area contributed by atoms with Crippen LogP contribution in [0.4, 0.5) is 20.4 Å². The number of halogens is 2. The molecular weight excluding hydrogens is 426 g/mol. The zero-order chi connectivity index (χ0) is 23.8. The molecule has 9 heteroatoms. The molecule has 0 aliphatic carbocycles. The zero-order valence-corrected chi connectivity index (χ0v) is 18.6. The van der Waals surface area contributed by atoms with Crippen molar-refractivity contribution < 1.29 is 13.6 Å². The molecule has 3 heterocycles. The van der Waals surface area contributed by atoms with E-state index >= 15 is 0 Å². The van der Waals surface area contributed by atoms with Crippen LogP contribution in [0.25, 0.3) is 22.2 Å². The Bertz CT molecular complexity index is 1370. The van der Waals surface area contributed by atoms with Crippen molar-refractivity contribution in [2.24, 2.45) is 0 Å². The third kappa shape index (κ3) is 4.62. The van der Waals surface area contributed by atoms with Gasteiger partial charge in [0.1, 0.15) is 5.69 Å². The standard InChI is InChI=1S/C24H22F2N6O/c1-13-5-6-17(31-22(33)15-7-8-28-20(10-15)24(3,25)26)11-18(13)19-9-16-12-29-23(27-4)32-21(16)30-14(19)2/h5-12H,1-4H3,(H,31,33)(H,27,29,30,32). The van der Waals surface area contributed by atoms with Crippen molar-refractivity contribution in [3.8, 4) is 11.1 Å². The number of benzene rings is 1. The van der Waals surface area contributed by atoms with Gasteiger partial charge in [-0.25, -0.2) is 9.97 Å². The SMILES string of the molecule is CNc1ncc2cc(-c3cc(NC(=O)c4ccnc(C(C)(F)F)c4)ccc3C)c(C)nc2n1. The van der Waals surface area contributed by atoms with Gasteiger partial charge in [0.25, 0.3) is 11.8 Å². The summed E-state index contributed by atoms with van der Waals surface area (Å²) in [6, 6.07) is 9.94. The Labute approximate surface area is 189 Å². The molecule has 1 amide bonds. The molecule has 0 unspecified atom stereocenters. The summed E-state index contributed by atoms with van der Waals surface area (Å²) in [6.07, 6.45) is 2.91. The Hall–Kier alpha value is -4.01. The largest absolute Gasteiger partial charge is 0.357 e. The number of hydrogen-bond acceptors (Lipinski definition) is 6. The van der Waals surface area contributed by atoms with Crippen LogP contribution in [0.15, 0.2) is 48.8 Å². The van der Waals surface area contributed by atoms with E-state index in [-0.39, 0.29) is 5.56 Å². The van der Waals surface area contributed by atoms with E-state index in [0.717, 1.165) is 40.8 Å². The van der Waals surface area contributed by atoms with Gasteiger partial charge in [-0.3, -0.25) is 9.78 Å². The molecule has 7 nitrogen and oxygen atoms in total. The van der Waals surface area contributed by atoms with Crippen molar-refractivity contribution in [3.63, 3.8) is 0 Å². The zero-order valence-electron chi connectivity index (χ0n) is 18.6. The Morgan fingerprint density at radius 3 is 2.52 bits per heavy atom. The molecule has 0 saturated heterocycles. The molecule has 3 aromatic heterocycles. The summed E-state index contributed by atoms with van der Waals surface area (Å²) in [5, 5.41) is 6.46. The molecular formula is C24H22F2N6O. The fourth-order valence-corrected chi connectivity index (χ4v) is 3.45. The highest BCUT2D eigenvalue weighted by Crippen LogP contribution is 2.31. The minimum absolute atomic E-state index is 0.102. The van der Waals surface area contributed by atoms with Crippen LogP contribution in [-0.2, 0) is 5.92 Å². The lowest BCUT2D eigenvalue weighted by Gasteiger charge is -2.14. The highest BCUT2D eigenvalue weighted by Gasteiger charge is 2.27. The maximum absolute atomic E-state index is 13.6. The Kier molecular flexibility index (Phi) is 5.71. The van der Waals surface area contributed by atoms with Crippen LogP contribution in [0.1, 0.15) is 34.2 Å². The average Bonchev–Trinajstić information content (AvgIpc) is 2.79. The van der Waals surface area contributed by atoms with Gasteiger partial charge in [-0.2, -0.15) is 13.8 Å². The number of anilines is 2. The van der Waals surface area contributed by atoms with Gasteiger partial charge in [0.2, 0.25) is 5.95 Å². The lowest BCUT2D eigenvalue weighted by Crippen LogP contribution is -2.15. The number of amides is 1. The van der Waals surface area contributed by atoms with Gasteiger partial charge in [0, 0.05) is 54.3 Å². The quantitative estimate of drug-likeness (QED) is 0.441. The van der Waals surface area contributed by atoms with Crippen molar-refractivity contribution >= 4 is 28.6 Å². The second kappa shape index (κ2) is 8.50. The van der Waals surface area contributed by atoms with Crippen molar-refractivity contribution in [3.05, 3.63) is 71.3 Å². The fourth-order valence-electron chi connectivity index (χ4n) is 3.45. The predicted molar refractivity (Wildman–Crippen MR) is 124 cm³/mol. The van der Waals surface area contributed by atoms with Crippen LogP contribution in [0.5, 0.6) is 0 Å². The molecule has 33 heavy (non-hydrogen) atoms. The molecule has 1 aromatic carbocycles. The molecule has 4 aromatic rings. The van der Waals surface area contributed by atoms with Crippen LogP contribution in [-0.4, -0.2) is 32.9 Å². The van der Waals surface area contributed by atoms with E-state index in [0.29, 0.717) is 17.3 Å². The van der Waals surface area contributed by atoms with Gasteiger partial charge >= 0.3 is 0 Å². The van der Waals surface area contributed by atoms with Crippen LogP contribution in [0.2, 0.25) is 0 Å². The first-order valence-electron chi connectivity index (χ1n) is 10.2. The number of rotatable bonds is 5. The summed E-state index contributed by atoms with van der Waals surface area (Å²) in [6.45, 7) is 4.60. The van der Waals surface area contributed by atoms with Crippen molar-refractivity contribution in [1.29, 1.82) is 0 Å². The van der Waals surface area contributed by atoms with Crippen LogP contribution < -0.4 is 10.6 Å². The Balaban J connectivity index is 1.68. The Morgan fingerprint density at radius 1 is 1.00 bits per heavy atom. The highest BCUT2D eigenvalue weighted by atomic mass is 19.3. The molecule has 4 rings (SSSR count). The summed E-state index contributed by atoms with van der Waals surface area (Å²) >= 11 is 0. The number of carbonyl (C=O) groups excluding carboxylic acids is 1. The number of hydrogen-bond donors (Lipinski definition) is 2. The van der Waals surface area contributed by atoms with Gasteiger partial charge in [-0.15, -0.1) is 0 Å². The smallest absolute Gasteiger partial charge is 0.286 e. The van der Waals surface area contributed by atoms with E-state index in [4.69, 9.17) is 0 Å². The molecule has 168 valence electrons. The summed E-state index contributed by atoms with van der Waals surface area (Å²) in [7, 11) is 1.74. The normalized spacial score (nSPS) is 11.5. The second-order valence-corrected chi connectivity index (χ2v) is 7.78. The first-order valence-corrected chi connectivity index (χ1v) is 10.2. The van der Waals surface area contributed by atoms with Gasteiger partial charge in [0.15, 0.2) is 5.65 Å². The van der Waals surface area contributed by atoms with Gasteiger partial charge < -0.3 is 10.6 Å². The third-order valence-corrected chi connectivity index (χ3v) is 5.24. The van der Waals surface area contributed by atoms with Crippen molar-refractivity contribution in [2.75, 3.05) is 17.7 Å². The third-order valence-electron chi connectivity index (χ3n) is 5.24. The molecule has 0 bridgehead atoms. The van der Waals surface area contributed by atoms with Crippen molar-refractivity contribution in [1.82, 2.24) is 19.9 Å². The molecule has 0 fully saturated rings. The first kappa shape index (κ1) is 22.2. The molecule has 0 spiro atoms. The van der Waals surface area contributed by atoms with E-state index < -0.39 is 17.5 Å². The molecule has 2 N–H and O–H groups in total. The number of aromatic nitrogens is 4. The summed E-state index contributed by atoms with van der Waals surface area (Å²) in [4.78, 5) is 29.6. The fraction of sp³-hybridized carbons (Fsp3) is 0.208. The monoisotopic (exact) mass is 448 g/mol. The lowest BCUT2D eigenvalue weighted by molar-refractivity contribution is 0.0127. The van der Waals surface area contributed by atoms with E-state index in [9.17, 15) is 13.6 Å². The van der Waals surface area contributed by atoms with E-state index in [2.05, 4.69) is 30.6 Å². The average molecular weight is 448 g/mol. The molecule has 0 saturated carbocycles. The number of alkyl halides is 2. The summed E-state index contributed by atoms with van der Waals surface area (Å²) in [5.74, 6) is -3.15. The maximum atomic E-state index is 13.6. The number of nitrogens with zero attached hydrogens (tertiary/aromatic N) is 4. The Morgan fingerprint density at radius 2 is 1.79 bits per heavy atom. The minimum Gasteiger partial charge on any atom is -0.357 e. The molecule has 0 aliphatic rings. The van der Waals surface area contributed by atoms with Gasteiger partial charge in [-0.1, -0.05) is 6.07 Å². The van der Waals surface area contributed by atoms with Crippen LogP contribution in [0, 0.1) is 13.8 Å². The summed E-state index contributed by atoms with van der Waals surface area (Å²) < 4.78 is 27.2. The summed E-state index contributed by atoms with van der Waals surface area (Å²) in [5.41, 5.74) is 4.29. The van der Waals surface area contributed by atoms with Gasteiger partial charge in [-0.05, 0) is 55.3 Å². The number of fused-ring (bicyclic) bond motifs is 1. The number of aryl methyl sites for hydroxylation is 2. The number of nitrogens with one attached hydrogen (secondary N) is 2. The topological polar surface area (TPSA) is 92.7 Å². The van der Waals surface area contributed by atoms with Crippen LogP contribution in [0.3, 0.4) is 0 Å². The lowest BCUT2D eigenvalue weighted by atomic mass is 9.98. The van der Waals surface area contributed by atoms with E-state index in [1.807, 2.05) is 32.0 Å². The van der Waals surface area contributed by atoms with E-state index in [1.165, 1.54) is 12.3 Å². The number of pyridine rings is 2. The first-order chi connectivity index (χ1) is 15.7. The molecule has 0 aliphatic heterocycles.